The van der Waals surface area contributed by atoms with Gasteiger partial charge in [0, 0.05) is 29.8 Å². The van der Waals surface area contributed by atoms with Crippen molar-refractivity contribution in [3.05, 3.63) is 42.7 Å². The zero-order valence-electron chi connectivity index (χ0n) is 10.1. The average Bonchev–Trinajstić information content (AvgIpc) is 2.71. The maximum absolute atomic E-state index is 9.79. The van der Waals surface area contributed by atoms with E-state index in [0.29, 0.717) is 0 Å². The van der Waals surface area contributed by atoms with Crippen molar-refractivity contribution in [2.75, 3.05) is 0 Å². The molecule has 0 aliphatic heterocycles. The van der Waals surface area contributed by atoms with Crippen LogP contribution < -0.4 is 0 Å². The summed E-state index contributed by atoms with van der Waals surface area (Å²) in [7, 11) is 1.86. The first kappa shape index (κ1) is 15.3. The number of fused-ring (bicyclic) bond motifs is 1. The molecule has 0 radical (unpaired) electrons. The molecule has 2 heterocycles. The molecule has 1 aromatic carbocycles. The summed E-state index contributed by atoms with van der Waals surface area (Å²) in [5.41, 5.74) is 2.51. The van der Waals surface area contributed by atoms with E-state index < -0.39 is 0 Å². The molecule has 0 unspecified atom stereocenters. The minimum Gasteiger partial charge on any atom is -0.507 e. The maximum Gasteiger partial charge on any atom is 0.157 e. The maximum atomic E-state index is 9.79. The third-order valence-electron chi connectivity index (χ3n) is 2.79. The first-order chi connectivity index (χ1) is 8.25. The summed E-state index contributed by atoms with van der Waals surface area (Å²) in [5, 5.41) is 14.9. The lowest BCUT2D eigenvalue weighted by Crippen LogP contribution is -1.91. The van der Waals surface area contributed by atoms with Gasteiger partial charge in [0.15, 0.2) is 5.65 Å². The highest BCUT2D eigenvalue weighted by molar-refractivity contribution is 5.85. The number of para-hydroxylation sites is 1. The number of hydrogen-bond acceptors (Lipinski definition) is 3. The van der Waals surface area contributed by atoms with E-state index >= 15 is 0 Å². The molecule has 3 aromatic rings. The van der Waals surface area contributed by atoms with E-state index in [1.54, 1.807) is 29.2 Å². The molecule has 4 nitrogen and oxygen atoms in total. The lowest BCUT2D eigenvalue weighted by atomic mass is 10.1. The predicted molar refractivity (Wildman–Crippen MR) is 80.1 cm³/mol. The van der Waals surface area contributed by atoms with Crippen LogP contribution in [0.2, 0.25) is 0 Å². The number of phenols is 1. The minimum atomic E-state index is 0. The van der Waals surface area contributed by atoms with E-state index in [-0.39, 0.29) is 30.6 Å². The Morgan fingerprint density at radius 2 is 1.84 bits per heavy atom. The van der Waals surface area contributed by atoms with Crippen molar-refractivity contribution in [2.24, 2.45) is 7.05 Å². The number of halogens is 2. The van der Waals surface area contributed by atoms with Crippen LogP contribution in [0.5, 0.6) is 5.75 Å². The number of pyridine rings is 1. The van der Waals surface area contributed by atoms with Crippen LogP contribution in [0.3, 0.4) is 0 Å². The number of aromatic nitrogens is 3. The van der Waals surface area contributed by atoms with Gasteiger partial charge in [0.2, 0.25) is 0 Å². The van der Waals surface area contributed by atoms with E-state index in [4.69, 9.17) is 0 Å². The Hall–Kier alpha value is -1.78. The summed E-state index contributed by atoms with van der Waals surface area (Å²) in [5.74, 6) is 0.262. The predicted octanol–water partition coefficient (Wildman–Crippen LogP) is 3.18. The molecule has 0 fully saturated rings. The summed E-state index contributed by atoms with van der Waals surface area (Å²) in [6.07, 6.45) is 3.52. The molecule has 2 aromatic heterocycles. The summed E-state index contributed by atoms with van der Waals surface area (Å²) in [4.78, 5) is 4.35. The molecule has 0 bridgehead atoms. The van der Waals surface area contributed by atoms with Crippen molar-refractivity contribution < 1.29 is 5.11 Å². The van der Waals surface area contributed by atoms with E-state index in [9.17, 15) is 5.11 Å². The molecule has 0 atom stereocenters. The largest absolute Gasteiger partial charge is 0.507 e. The zero-order valence-corrected chi connectivity index (χ0v) is 11.8. The van der Waals surface area contributed by atoms with Gasteiger partial charge in [-0.05, 0) is 12.1 Å². The SMILES string of the molecule is Cl.Cl.Cn1ncc2cc(-c3ccccc3O)cnc21. The number of benzene rings is 1. The second kappa shape index (κ2) is 5.91. The Kier molecular flexibility index (Phi) is 4.75. The second-order valence-electron chi connectivity index (χ2n) is 3.92. The van der Waals surface area contributed by atoms with Gasteiger partial charge in [0.25, 0.3) is 0 Å². The van der Waals surface area contributed by atoms with Gasteiger partial charge in [-0.1, -0.05) is 18.2 Å². The highest BCUT2D eigenvalue weighted by Crippen LogP contribution is 2.29. The summed E-state index contributed by atoms with van der Waals surface area (Å²) in [6.45, 7) is 0. The van der Waals surface area contributed by atoms with Crippen molar-refractivity contribution in [2.45, 2.75) is 0 Å². The molecule has 0 amide bonds. The second-order valence-corrected chi connectivity index (χ2v) is 3.92. The molecule has 0 saturated carbocycles. The fourth-order valence-corrected chi connectivity index (χ4v) is 1.91. The normalized spacial score (nSPS) is 9.74. The quantitative estimate of drug-likeness (QED) is 0.750. The van der Waals surface area contributed by atoms with Crippen LogP contribution >= 0.6 is 24.8 Å². The minimum absolute atomic E-state index is 0. The number of hydrogen-bond donors (Lipinski definition) is 1. The molecule has 19 heavy (non-hydrogen) atoms. The first-order valence-corrected chi connectivity index (χ1v) is 5.32. The third kappa shape index (κ3) is 2.64. The zero-order chi connectivity index (χ0) is 11.8. The van der Waals surface area contributed by atoms with Crippen molar-refractivity contribution in [3.63, 3.8) is 0 Å². The Bertz CT molecular complexity index is 697. The molecule has 6 heteroatoms. The van der Waals surface area contributed by atoms with Gasteiger partial charge >= 0.3 is 0 Å². The number of nitrogens with zero attached hydrogens (tertiary/aromatic N) is 3. The lowest BCUT2D eigenvalue weighted by Gasteiger charge is -2.04. The van der Waals surface area contributed by atoms with Gasteiger partial charge in [0.05, 0.1) is 6.20 Å². The Morgan fingerprint density at radius 1 is 1.11 bits per heavy atom. The molecular formula is C13H13Cl2N3O. The number of aromatic hydroxyl groups is 1. The van der Waals surface area contributed by atoms with Gasteiger partial charge in [-0.15, -0.1) is 24.8 Å². The Labute approximate surface area is 122 Å². The van der Waals surface area contributed by atoms with Gasteiger partial charge in [0.1, 0.15) is 5.75 Å². The monoisotopic (exact) mass is 297 g/mol. The van der Waals surface area contributed by atoms with Gasteiger partial charge in [-0.25, -0.2) is 4.98 Å². The van der Waals surface area contributed by atoms with Crippen LogP contribution in [0.1, 0.15) is 0 Å². The molecule has 0 saturated heterocycles. The van der Waals surface area contributed by atoms with Gasteiger partial charge in [-0.3, -0.25) is 4.68 Å². The van der Waals surface area contributed by atoms with Crippen LogP contribution in [0, 0.1) is 0 Å². The molecule has 0 aliphatic rings. The topological polar surface area (TPSA) is 50.9 Å². The Morgan fingerprint density at radius 3 is 2.58 bits per heavy atom. The fourth-order valence-electron chi connectivity index (χ4n) is 1.91. The van der Waals surface area contributed by atoms with Crippen LogP contribution in [0.4, 0.5) is 0 Å². The fraction of sp³-hybridized carbons (Fsp3) is 0.0769. The van der Waals surface area contributed by atoms with Crippen LogP contribution in [0.25, 0.3) is 22.2 Å². The smallest absolute Gasteiger partial charge is 0.157 e. The third-order valence-corrected chi connectivity index (χ3v) is 2.79. The molecule has 0 aliphatic carbocycles. The number of phenolic OH excluding ortho intramolecular Hbond substituents is 1. The number of rotatable bonds is 1. The van der Waals surface area contributed by atoms with E-state index in [2.05, 4.69) is 10.1 Å². The molecular weight excluding hydrogens is 285 g/mol. The summed E-state index contributed by atoms with van der Waals surface area (Å²) >= 11 is 0. The number of aryl methyl sites for hydroxylation is 1. The molecule has 3 rings (SSSR count). The van der Waals surface area contributed by atoms with Gasteiger partial charge in [-0.2, -0.15) is 5.10 Å². The van der Waals surface area contributed by atoms with E-state index in [1.165, 1.54) is 0 Å². The summed E-state index contributed by atoms with van der Waals surface area (Å²) < 4.78 is 1.73. The first-order valence-electron chi connectivity index (χ1n) is 5.32. The molecule has 0 spiro atoms. The Balaban J connectivity index is 0.000000902. The lowest BCUT2D eigenvalue weighted by molar-refractivity contribution is 0.477. The molecule has 100 valence electrons. The highest BCUT2D eigenvalue weighted by atomic mass is 35.5. The van der Waals surface area contributed by atoms with E-state index in [1.807, 2.05) is 25.2 Å². The van der Waals surface area contributed by atoms with Crippen LogP contribution in [0.15, 0.2) is 42.7 Å². The van der Waals surface area contributed by atoms with Crippen molar-refractivity contribution in [3.8, 4) is 16.9 Å². The van der Waals surface area contributed by atoms with E-state index in [0.717, 1.165) is 22.2 Å². The van der Waals surface area contributed by atoms with Crippen LogP contribution in [-0.2, 0) is 7.05 Å². The molecule has 1 N–H and O–H groups in total. The average molecular weight is 298 g/mol. The highest BCUT2D eigenvalue weighted by Gasteiger charge is 2.06. The van der Waals surface area contributed by atoms with Gasteiger partial charge < -0.3 is 5.11 Å². The van der Waals surface area contributed by atoms with Crippen molar-refractivity contribution in [1.82, 2.24) is 14.8 Å². The summed E-state index contributed by atoms with van der Waals surface area (Å²) in [6, 6.07) is 9.21. The van der Waals surface area contributed by atoms with Crippen LogP contribution in [-0.4, -0.2) is 19.9 Å². The standard InChI is InChI=1S/C13H11N3O.2ClH/c1-16-13-10(8-15-16)6-9(7-14-13)11-4-2-3-5-12(11)17;;/h2-8,17H,1H3;2*1H. The van der Waals surface area contributed by atoms with Crippen molar-refractivity contribution in [1.29, 1.82) is 0 Å². The van der Waals surface area contributed by atoms with Crippen molar-refractivity contribution >= 4 is 35.8 Å².